The van der Waals surface area contributed by atoms with E-state index in [0.29, 0.717) is 27.9 Å². The Bertz CT molecular complexity index is 941. The standard InChI is InChI=1S/C18H19N3O2S/c1-11(2)8-12(3)20-21-18-19-15(10-24-18)14-9-13-6-4-5-7-16(13)23-17(14)22/h4-7,9-11H,8H2,1-3H3,(H,19,21)/b20-12-. The van der Waals surface area contributed by atoms with Gasteiger partial charge in [-0.3, -0.25) is 5.43 Å². The van der Waals surface area contributed by atoms with Crippen LogP contribution in [0.5, 0.6) is 0 Å². The van der Waals surface area contributed by atoms with E-state index in [4.69, 9.17) is 4.42 Å². The van der Waals surface area contributed by atoms with Gasteiger partial charge in [-0.15, -0.1) is 11.3 Å². The average Bonchev–Trinajstić information content (AvgIpc) is 3.00. The van der Waals surface area contributed by atoms with Crippen molar-refractivity contribution in [3.8, 4) is 11.3 Å². The molecule has 0 atom stereocenters. The van der Waals surface area contributed by atoms with Gasteiger partial charge in [-0.25, -0.2) is 9.78 Å². The van der Waals surface area contributed by atoms with Gasteiger partial charge in [0.1, 0.15) is 5.58 Å². The van der Waals surface area contributed by atoms with Crippen molar-refractivity contribution in [2.45, 2.75) is 27.2 Å². The Morgan fingerprint density at radius 1 is 1.38 bits per heavy atom. The fourth-order valence-corrected chi connectivity index (χ4v) is 3.12. The largest absolute Gasteiger partial charge is 0.422 e. The Kier molecular flexibility index (Phi) is 4.76. The zero-order chi connectivity index (χ0) is 17.1. The molecule has 3 rings (SSSR count). The molecule has 0 saturated carbocycles. The molecule has 1 aromatic carbocycles. The summed E-state index contributed by atoms with van der Waals surface area (Å²) in [6, 6.07) is 9.25. The van der Waals surface area contributed by atoms with Gasteiger partial charge in [0.25, 0.3) is 0 Å². The molecule has 0 aliphatic rings. The van der Waals surface area contributed by atoms with E-state index in [-0.39, 0.29) is 5.63 Å². The Morgan fingerprint density at radius 2 is 2.17 bits per heavy atom. The molecule has 0 unspecified atom stereocenters. The van der Waals surface area contributed by atoms with E-state index >= 15 is 0 Å². The maximum absolute atomic E-state index is 12.2. The number of aromatic nitrogens is 1. The van der Waals surface area contributed by atoms with Gasteiger partial charge in [0.15, 0.2) is 0 Å². The lowest BCUT2D eigenvalue weighted by Gasteiger charge is -2.03. The summed E-state index contributed by atoms with van der Waals surface area (Å²) in [6.45, 7) is 6.29. The molecule has 0 radical (unpaired) electrons. The molecular formula is C18H19N3O2S. The number of para-hydroxylation sites is 1. The monoisotopic (exact) mass is 341 g/mol. The van der Waals surface area contributed by atoms with Crippen LogP contribution >= 0.6 is 11.3 Å². The van der Waals surface area contributed by atoms with Crippen molar-refractivity contribution in [1.29, 1.82) is 0 Å². The van der Waals surface area contributed by atoms with Crippen molar-refractivity contribution in [2.75, 3.05) is 5.43 Å². The Hall–Kier alpha value is -2.47. The maximum atomic E-state index is 12.2. The van der Waals surface area contributed by atoms with Gasteiger partial charge < -0.3 is 4.42 Å². The second-order valence-electron chi connectivity index (χ2n) is 6.08. The quantitative estimate of drug-likeness (QED) is 0.413. The highest BCUT2D eigenvalue weighted by molar-refractivity contribution is 7.14. The lowest BCUT2D eigenvalue weighted by Crippen LogP contribution is -2.03. The molecule has 0 aliphatic heterocycles. The first kappa shape index (κ1) is 16.4. The molecular weight excluding hydrogens is 322 g/mol. The normalized spacial score (nSPS) is 12.1. The molecule has 1 N–H and O–H groups in total. The summed E-state index contributed by atoms with van der Waals surface area (Å²) in [4.78, 5) is 16.6. The highest BCUT2D eigenvalue weighted by atomic mass is 32.1. The number of fused-ring (bicyclic) bond motifs is 1. The minimum Gasteiger partial charge on any atom is -0.422 e. The van der Waals surface area contributed by atoms with Crippen LogP contribution in [0.25, 0.3) is 22.2 Å². The number of benzene rings is 1. The number of anilines is 1. The first-order chi connectivity index (χ1) is 11.5. The topological polar surface area (TPSA) is 67.5 Å². The van der Waals surface area contributed by atoms with Crippen molar-refractivity contribution in [1.82, 2.24) is 4.98 Å². The summed E-state index contributed by atoms with van der Waals surface area (Å²) in [5.41, 5.74) is 5.23. The number of hydrazone groups is 1. The van der Waals surface area contributed by atoms with E-state index in [9.17, 15) is 4.79 Å². The molecule has 6 heteroatoms. The van der Waals surface area contributed by atoms with E-state index in [1.165, 1.54) is 11.3 Å². The summed E-state index contributed by atoms with van der Waals surface area (Å²) in [5, 5.41) is 7.69. The second kappa shape index (κ2) is 6.97. The van der Waals surface area contributed by atoms with E-state index in [1.54, 1.807) is 6.07 Å². The van der Waals surface area contributed by atoms with Crippen LogP contribution in [-0.4, -0.2) is 10.7 Å². The first-order valence-corrected chi connectivity index (χ1v) is 8.69. The van der Waals surface area contributed by atoms with Crippen LogP contribution in [0.1, 0.15) is 27.2 Å². The SMILES string of the molecule is C/C(CC(C)C)=N/Nc1nc(-c2cc3ccccc3oc2=O)cs1. The van der Waals surface area contributed by atoms with Crippen LogP contribution in [0.3, 0.4) is 0 Å². The molecule has 124 valence electrons. The molecule has 0 spiro atoms. The first-order valence-electron chi connectivity index (χ1n) is 7.81. The van der Waals surface area contributed by atoms with E-state index in [0.717, 1.165) is 17.5 Å². The van der Waals surface area contributed by atoms with Gasteiger partial charge >= 0.3 is 5.63 Å². The predicted octanol–water partition coefficient (Wildman–Crippen LogP) is 4.75. The third-order valence-corrected chi connectivity index (χ3v) is 4.21. The van der Waals surface area contributed by atoms with E-state index in [2.05, 4.69) is 29.4 Å². The minimum atomic E-state index is -0.384. The minimum absolute atomic E-state index is 0.384. The van der Waals surface area contributed by atoms with Crippen molar-refractivity contribution >= 4 is 33.1 Å². The summed E-state index contributed by atoms with van der Waals surface area (Å²) in [7, 11) is 0. The van der Waals surface area contributed by atoms with Crippen LogP contribution in [0.15, 0.2) is 50.0 Å². The van der Waals surface area contributed by atoms with Crippen molar-refractivity contribution < 1.29 is 4.42 Å². The number of thiazole rings is 1. The van der Waals surface area contributed by atoms with Crippen LogP contribution in [0.4, 0.5) is 5.13 Å². The zero-order valence-electron chi connectivity index (χ0n) is 13.9. The molecule has 0 aliphatic carbocycles. The molecule has 0 fully saturated rings. The highest BCUT2D eigenvalue weighted by Gasteiger charge is 2.11. The Balaban J connectivity index is 1.85. The van der Waals surface area contributed by atoms with E-state index in [1.807, 2.05) is 36.6 Å². The van der Waals surface area contributed by atoms with Crippen LogP contribution < -0.4 is 11.1 Å². The summed E-state index contributed by atoms with van der Waals surface area (Å²) >= 11 is 1.41. The number of nitrogens with zero attached hydrogens (tertiary/aromatic N) is 2. The number of hydrogen-bond acceptors (Lipinski definition) is 6. The molecule has 2 aromatic heterocycles. The lowest BCUT2D eigenvalue weighted by molar-refractivity contribution is 0.563. The number of rotatable bonds is 5. The van der Waals surface area contributed by atoms with Gasteiger partial charge in [-0.05, 0) is 31.4 Å². The molecule has 5 nitrogen and oxygen atoms in total. The number of hydrogen-bond donors (Lipinski definition) is 1. The third-order valence-electron chi connectivity index (χ3n) is 3.47. The number of nitrogens with one attached hydrogen (secondary N) is 1. The molecule has 24 heavy (non-hydrogen) atoms. The average molecular weight is 341 g/mol. The second-order valence-corrected chi connectivity index (χ2v) is 6.94. The Morgan fingerprint density at radius 3 is 2.96 bits per heavy atom. The maximum Gasteiger partial charge on any atom is 0.345 e. The third kappa shape index (κ3) is 3.71. The molecule has 2 heterocycles. The van der Waals surface area contributed by atoms with Crippen LogP contribution in [0.2, 0.25) is 0 Å². The van der Waals surface area contributed by atoms with Gasteiger partial charge in [0.05, 0.1) is 11.3 Å². The highest BCUT2D eigenvalue weighted by Crippen LogP contribution is 2.25. The van der Waals surface area contributed by atoms with Gasteiger partial charge in [0.2, 0.25) is 5.13 Å². The fraction of sp³-hybridized carbons (Fsp3) is 0.278. The van der Waals surface area contributed by atoms with Crippen LogP contribution in [-0.2, 0) is 0 Å². The van der Waals surface area contributed by atoms with Crippen molar-refractivity contribution in [3.63, 3.8) is 0 Å². The molecule has 0 bridgehead atoms. The van der Waals surface area contributed by atoms with Crippen molar-refractivity contribution in [3.05, 3.63) is 46.1 Å². The summed E-state index contributed by atoms with van der Waals surface area (Å²) < 4.78 is 5.36. The Labute approximate surface area is 144 Å². The fourth-order valence-electron chi connectivity index (χ4n) is 2.47. The van der Waals surface area contributed by atoms with E-state index < -0.39 is 0 Å². The molecule has 0 amide bonds. The van der Waals surface area contributed by atoms with Gasteiger partial charge in [-0.1, -0.05) is 32.0 Å². The predicted molar refractivity (Wildman–Crippen MR) is 99.8 cm³/mol. The smallest absolute Gasteiger partial charge is 0.345 e. The lowest BCUT2D eigenvalue weighted by atomic mass is 10.1. The molecule has 0 saturated heterocycles. The van der Waals surface area contributed by atoms with Gasteiger partial charge in [0, 0.05) is 16.5 Å². The van der Waals surface area contributed by atoms with Crippen LogP contribution in [0, 0.1) is 5.92 Å². The van der Waals surface area contributed by atoms with Gasteiger partial charge in [-0.2, -0.15) is 5.10 Å². The summed E-state index contributed by atoms with van der Waals surface area (Å²) in [6.07, 6.45) is 0.930. The zero-order valence-corrected chi connectivity index (χ0v) is 14.7. The van der Waals surface area contributed by atoms with Crippen molar-refractivity contribution in [2.24, 2.45) is 11.0 Å². The summed E-state index contributed by atoms with van der Waals surface area (Å²) in [5.74, 6) is 0.560. The molecule has 3 aromatic rings.